The molecule has 0 atom stereocenters. The number of rotatable bonds is 0. The smallest absolute Gasteiger partial charge is 0.276 e. The van der Waals surface area contributed by atoms with Gasteiger partial charge in [-0.1, -0.05) is 0 Å². The molecule has 0 bridgehead atoms. The second-order valence-electron chi connectivity index (χ2n) is 1.83. The summed E-state index contributed by atoms with van der Waals surface area (Å²) in [6.45, 7) is 0. The van der Waals surface area contributed by atoms with Crippen LogP contribution in [0.4, 0.5) is 0 Å². The summed E-state index contributed by atoms with van der Waals surface area (Å²) < 4.78 is 0. The summed E-state index contributed by atoms with van der Waals surface area (Å²) in [5.41, 5.74) is 0.675. The molecule has 0 aromatic carbocycles. The van der Waals surface area contributed by atoms with Gasteiger partial charge in [-0.15, -0.1) is 0 Å². The summed E-state index contributed by atoms with van der Waals surface area (Å²) in [5.74, 6) is 0. The zero-order chi connectivity index (χ0) is 6.97. The number of aromatic amines is 2. The fourth-order valence-electron chi connectivity index (χ4n) is 0.776. The van der Waals surface area contributed by atoms with Crippen LogP contribution in [0.1, 0.15) is 0 Å². The van der Waals surface area contributed by atoms with Crippen LogP contribution in [0.15, 0.2) is 17.4 Å². The third-order valence-electron chi connectivity index (χ3n) is 1.23. The average Bonchev–Trinajstić information content (AvgIpc) is 2.36. The summed E-state index contributed by atoms with van der Waals surface area (Å²) in [6, 6.07) is 0. The van der Waals surface area contributed by atoms with Crippen molar-refractivity contribution in [1.82, 2.24) is 26.1 Å². The zero-order valence-corrected chi connectivity index (χ0v) is 5.66. The first-order valence-corrected chi connectivity index (χ1v) is 2.75. The van der Waals surface area contributed by atoms with Gasteiger partial charge in [0.25, 0.3) is 5.56 Å². The molecule has 0 aliphatic rings. The minimum Gasteiger partial charge on any atom is -0.344 e. The van der Waals surface area contributed by atoms with E-state index < -0.39 is 0 Å². The van der Waals surface area contributed by atoms with E-state index in [1.807, 2.05) is 0 Å². The van der Waals surface area contributed by atoms with E-state index in [0.717, 1.165) is 0 Å². The minimum atomic E-state index is -0.192. The maximum absolute atomic E-state index is 10.9. The number of H-pyrrole nitrogens is 2. The summed E-state index contributed by atoms with van der Waals surface area (Å²) >= 11 is 0. The van der Waals surface area contributed by atoms with Crippen molar-refractivity contribution >= 4 is 11.2 Å². The van der Waals surface area contributed by atoms with E-state index in [-0.39, 0.29) is 11.7 Å². The molecule has 0 spiro atoms. The summed E-state index contributed by atoms with van der Waals surface area (Å²) in [7, 11) is 0. The van der Waals surface area contributed by atoms with Gasteiger partial charge in [-0.25, -0.2) is 9.97 Å². The van der Waals surface area contributed by atoms with Crippen LogP contribution in [0.3, 0.4) is 0 Å². The van der Waals surface area contributed by atoms with E-state index in [4.69, 9.17) is 0 Å². The van der Waals surface area contributed by atoms with E-state index in [0.29, 0.717) is 11.2 Å². The van der Waals surface area contributed by atoms with Gasteiger partial charge in [-0.2, -0.15) is 0 Å². The first-order chi connectivity index (χ1) is 4.88. The van der Waals surface area contributed by atoms with Crippen molar-refractivity contribution in [3.05, 3.63) is 23.0 Å². The van der Waals surface area contributed by atoms with E-state index in [1.165, 1.54) is 12.7 Å². The molecule has 6 heteroatoms. The van der Waals surface area contributed by atoms with Gasteiger partial charge in [-0.3, -0.25) is 4.79 Å². The van der Waals surface area contributed by atoms with Gasteiger partial charge in [0.15, 0.2) is 11.2 Å². The topological polar surface area (TPSA) is 109 Å². The highest BCUT2D eigenvalue weighted by molar-refractivity contribution is 5.67. The number of nitrogens with one attached hydrogen (secondary N) is 2. The molecule has 2 aromatic rings. The lowest BCUT2D eigenvalue weighted by Gasteiger charge is -1.81. The summed E-state index contributed by atoms with van der Waals surface area (Å²) in [6.07, 6.45) is 2.76. The first kappa shape index (κ1) is 7.42. The third-order valence-corrected chi connectivity index (χ3v) is 1.23. The zero-order valence-electron chi connectivity index (χ0n) is 5.66. The van der Waals surface area contributed by atoms with Crippen LogP contribution in [0.25, 0.3) is 11.2 Å². The van der Waals surface area contributed by atoms with Gasteiger partial charge in [0.1, 0.15) is 0 Å². The molecule has 6 nitrogen and oxygen atoms in total. The van der Waals surface area contributed by atoms with Gasteiger partial charge in [-0.05, 0) is 0 Å². The van der Waals surface area contributed by atoms with E-state index in [1.54, 1.807) is 0 Å². The van der Waals surface area contributed by atoms with E-state index >= 15 is 0 Å². The lowest BCUT2D eigenvalue weighted by Crippen LogP contribution is -2.05. The molecule has 2 aromatic heterocycles. The second-order valence-corrected chi connectivity index (χ2v) is 1.83. The molecular formula is C5H7N5O. The Morgan fingerprint density at radius 1 is 1.18 bits per heavy atom. The number of hydrogen-bond donors (Lipinski definition) is 3. The van der Waals surface area contributed by atoms with Gasteiger partial charge < -0.3 is 16.1 Å². The largest absolute Gasteiger partial charge is 0.344 e. The highest BCUT2D eigenvalue weighted by atomic mass is 16.1. The number of fused-ring (bicyclic) bond motifs is 1. The summed E-state index contributed by atoms with van der Waals surface area (Å²) in [4.78, 5) is 23.6. The Kier molecular flexibility index (Phi) is 1.69. The molecule has 0 aliphatic carbocycles. The fraction of sp³-hybridized carbons (Fsp3) is 0. The van der Waals surface area contributed by atoms with E-state index in [2.05, 4.69) is 19.9 Å². The molecule has 2 rings (SSSR count). The highest BCUT2D eigenvalue weighted by Gasteiger charge is 1.97. The number of imidazole rings is 1. The number of hydrogen-bond acceptors (Lipinski definition) is 4. The van der Waals surface area contributed by atoms with Gasteiger partial charge in [0, 0.05) is 0 Å². The predicted molar refractivity (Wildman–Crippen MR) is 39.5 cm³/mol. The van der Waals surface area contributed by atoms with Crippen LogP contribution in [-0.2, 0) is 0 Å². The molecule has 0 unspecified atom stereocenters. The molecule has 2 heterocycles. The van der Waals surface area contributed by atoms with Gasteiger partial charge in [0.2, 0.25) is 0 Å². The Bertz CT molecular complexity index is 402. The van der Waals surface area contributed by atoms with E-state index in [9.17, 15) is 4.79 Å². The molecule has 5 N–H and O–H groups in total. The monoisotopic (exact) mass is 153 g/mol. The third kappa shape index (κ3) is 0.987. The molecule has 0 radical (unpaired) electrons. The fourth-order valence-corrected chi connectivity index (χ4v) is 0.776. The molecule has 58 valence electrons. The van der Waals surface area contributed by atoms with Crippen molar-refractivity contribution < 1.29 is 0 Å². The van der Waals surface area contributed by atoms with Crippen molar-refractivity contribution in [3.8, 4) is 0 Å². The standard InChI is InChI=1S/C5H4N4O.H3N/c10-5-3-4(7-1-6-3)8-2-9-5;/h1-2H,(H2,6,7,8,9,10);1H3. The predicted octanol–water partition coefficient (Wildman–Crippen LogP) is -0.192. The van der Waals surface area contributed by atoms with Crippen LogP contribution >= 0.6 is 0 Å². The number of nitrogens with zero attached hydrogens (tertiary/aromatic N) is 2. The molecule has 0 fully saturated rings. The lowest BCUT2D eigenvalue weighted by molar-refractivity contribution is 1.15. The Morgan fingerprint density at radius 3 is 2.45 bits per heavy atom. The van der Waals surface area contributed by atoms with Crippen LogP contribution in [0.2, 0.25) is 0 Å². The van der Waals surface area contributed by atoms with Gasteiger partial charge >= 0.3 is 0 Å². The Hall–Kier alpha value is -1.69. The molecule has 0 aliphatic heterocycles. The minimum absolute atomic E-state index is 0. The van der Waals surface area contributed by atoms with Crippen LogP contribution in [0.5, 0.6) is 0 Å². The number of aromatic nitrogens is 4. The molecule has 0 saturated heterocycles. The normalized spacial score (nSPS) is 9.45. The molecule has 0 saturated carbocycles. The quantitative estimate of drug-likeness (QED) is 0.487. The molecule has 11 heavy (non-hydrogen) atoms. The van der Waals surface area contributed by atoms with Crippen LogP contribution in [-0.4, -0.2) is 19.9 Å². The Morgan fingerprint density at radius 2 is 1.82 bits per heavy atom. The van der Waals surface area contributed by atoms with Gasteiger partial charge in [0.05, 0.1) is 12.7 Å². The Balaban J connectivity index is 0.000000605. The first-order valence-electron chi connectivity index (χ1n) is 2.75. The van der Waals surface area contributed by atoms with Crippen LogP contribution < -0.4 is 11.7 Å². The van der Waals surface area contributed by atoms with Crippen LogP contribution in [0, 0.1) is 0 Å². The SMILES string of the molecule is N.O=c1[nH]cnc2nc[nH]c12. The lowest BCUT2D eigenvalue weighted by atomic mass is 10.6. The maximum atomic E-state index is 10.9. The van der Waals surface area contributed by atoms with Crippen molar-refractivity contribution in [1.29, 1.82) is 0 Å². The molecule has 0 amide bonds. The maximum Gasteiger partial charge on any atom is 0.276 e. The average molecular weight is 153 g/mol. The summed E-state index contributed by atoms with van der Waals surface area (Å²) in [5, 5.41) is 0. The molecular weight excluding hydrogens is 146 g/mol. The second kappa shape index (κ2) is 2.51. The van der Waals surface area contributed by atoms with Crippen molar-refractivity contribution in [2.75, 3.05) is 0 Å². The van der Waals surface area contributed by atoms with Crippen molar-refractivity contribution in [2.24, 2.45) is 0 Å². The highest BCUT2D eigenvalue weighted by Crippen LogP contribution is 1.94. The van der Waals surface area contributed by atoms with Crippen molar-refractivity contribution in [3.63, 3.8) is 0 Å². The Labute approximate surface area is 61.3 Å². The van der Waals surface area contributed by atoms with Crippen molar-refractivity contribution in [2.45, 2.75) is 0 Å².